The van der Waals surface area contributed by atoms with E-state index in [1.807, 2.05) is 6.07 Å². The SMILES string of the molecule is CCOC(=O)OCCOc1cc(OC)cc(C(Nc2ccc(C#N)cc2)C(N)=NC(=O)Nc2ncccn2)c1F. The number of carbonyl (C=O) groups excluding carboxylic acids is 2. The van der Waals surface area contributed by atoms with Crippen LogP contribution in [-0.4, -0.2) is 54.9 Å². The molecular weight excluding hydrogens is 525 g/mol. The largest absolute Gasteiger partial charge is 0.508 e. The Balaban J connectivity index is 1.93. The van der Waals surface area contributed by atoms with E-state index < -0.39 is 24.0 Å². The van der Waals surface area contributed by atoms with Crippen LogP contribution in [-0.2, 0) is 9.47 Å². The number of hydrogen-bond acceptors (Lipinski definition) is 10. The smallest absolute Gasteiger partial charge is 0.497 e. The topological polar surface area (TPSA) is 183 Å². The summed E-state index contributed by atoms with van der Waals surface area (Å²) in [4.78, 5) is 35.5. The molecule has 14 heteroatoms. The van der Waals surface area contributed by atoms with Gasteiger partial charge in [0.2, 0.25) is 5.95 Å². The third-order valence-corrected chi connectivity index (χ3v) is 5.05. The molecule has 4 N–H and O–H groups in total. The van der Waals surface area contributed by atoms with Gasteiger partial charge in [0.25, 0.3) is 0 Å². The summed E-state index contributed by atoms with van der Waals surface area (Å²) in [6, 6.07) is 10.4. The lowest BCUT2D eigenvalue weighted by Gasteiger charge is -2.22. The van der Waals surface area contributed by atoms with Gasteiger partial charge in [-0.25, -0.2) is 23.9 Å². The van der Waals surface area contributed by atoms with Gasteiger partial charge in [-0.1, -0.05) is 0 Å². The van der Waals surface area contributed by atoms with Gasteiger partial charge in [-0.05, 0) is 43.3 Å². The number of nitrogens with two attached hydrogens (primary N) is 1. The van der Waals surface area contributed by atoms with Crippen molar-refractivity contribution in [1.82, 2.24) is 9.97 Å². The number of ether oxygens (including phenoxy) is 4. The number of amidine groups is 1. The number of benzene rings is 2. The highest BCUT2D eigenvalue weighted by Gasteiger charge is 2.25. The first-order valence-electron chi connectivity index (χ1n) is 11.8. The third kappa shape index (κ3) is 8.28. The minimum absolute atomic E-state index is 0.00561. The van der Waals surface area contributed by atoms with Gasteiger partial charge in [0.05, 0.1) is 25.3 Å². The van der Waals surface area contributed by atoms with Crippen LogP contribution in [0.3, 0.4) is 0 Å². The van der Waals surface area contributed by atoms with Gasteiger partial charge in [0.15, 0.2) is 11.6 Å². The molecule has 0 fully saturated rings. The Bertz CT molecular complexity index is 1380. The van der Waals surface area contributed by atoms with Crippen molar-refractivity contribution in [2.75, 3.05) is 37.6 Å². The van der Waals surface area contributed by atoms with Crippen molar-refractivity contribution in [3.05, 3.63) is 71.8 Å². The molecular formula is C26H26FN7O6. The quantitative estimate of drug-likeness (QED) is 0.136. The van der Waals surface area contributed by atoms with Gasteiger partial charge in [-0.3, -0.25) is 5.32 Å². The van der Waals surface area contributed by atoms with Crippen LogP contribution in [0.5, 0.6) is 11.5 Å². The molecule has 1 atom stereocenters. The number of amides is 2. The lowest BCUT2D eigenvalue weighted by Crippen LogP contribution is -2.31. The van der Waals surface area contributed by atoms with Crippen molar-refractivity contribution in [2.45, 2.75) is 13.0 Å². The summed E-state index contributed by atoms with van der Waals surface area (Å²) in [5, 5.41) is 14.5. The summed E-state index contributed by atoms with van der Waals surface area (Å²) in [5.74, 6) is -1.19. The number of urea groups is 1. The Morgan fingerprint density at radius 3 is 2.52 bits per heavy atom. The number of aliphatic imine (C=N–C) groups is 1. The molecule has 0 aliphatic carbocycles. The van der Waals surface area contributed by atoms with Crippen LogP contribution >= 0.6 is 0 Å². The number of anilines is 2. The van der Waals surface area contributed by atoms with Crippen LogP contribution in [0.1, 0.15) is 24.1 Å². The third-order valence-electron chi connectivity index (χ3n) is 5.05. The molecule has 1 heterocycles. The Morgan fingerprint density at radius 2 is 1.88 bits per heavy atom. The second-order valence-electron chi connectivity index (χ2n) is 7.71. The van der Waals surface area contributed by atoms with E-state index in [-0.39, 0.29) is 48.7 Å². The van der Waals surface area contributed by atoms with E-state index in [1.54, 1.807) is 37.3 Å². The molecule has 0 bridgehead atoms. The summed E-state index contributed by atoms with van der Waals surface area (Å²) < 4.78 is 36.1. The Hall–Kier alpha value is -5.45. The van der Waals surface area contributed by atoms with Crippen LogP contribution in [0.15, 0.2) is 59.9 Å². The zero-order chi connectivity index (χ0) is 28.9. The molecule has 0 aliphatic heterocycles. The van der Waals surface area contributed by atoms with Crippen molar-refractivity contribution in [3.63, 3.8) is 0 Å². The van der Waals surface area contributed by atoms with Crippen LogP contribution in [0.4, 0.5) is 25.6 Å². The first-order valence-corrected chi connectivity index (χ1v) is 11.8. The molecule has 0 spiro atoms. The average Bonchev–Trinajstić information content (AvgIpc) is 2.95. The number of nitrogens with zero attached hydrogens (tertiary/aromatic N) is 4. The highest BCUT2D eigenvalue weighted by molar-refractivity contribution is 6.01. The zero-order valence-corrected chi connectivity index (χ0v) is 21.6. The van der Waals surface area contributed by atoms with E-state index in [9.17, 15) is 9.59 Å². The Kier molecular flexibility index (Phi) is 10.5. The molecule has 0 radical (unpaired) electrons. The molecule has 13 nitrogen and oxygen atoms in total. The minimum Gasteiger partial charge on any atom is -0.497 e. The zero-order valence-electron chi connectivity index (χ0n) is 21.6. The van der Waals surface area contributed by atoms with Gasteiger partial charge in [0.1, 0.15) is 30.8 Å². The van der Waals surface area contributed by atoms with Crippen molar-refractivity contribution in [2.24, 2.45) is 10.7 Å². The molecule has 2 amide bonds. The molecule has 2 aromatic carbocycles. The number of rotatable bonds is 11. The first kappa shape index (κ1) is 29.1. The van der Waals surface area contributed by atoms with Crippen LogP contribution < -0.4 is 25.8 Å². The summed E-state index contributed by atoms with van der Waals surface area (Å²) in [7, 11) is 1.37. The van der Waals surface area contributed by atoms with Gasteiger partial charge >= 0.3 is 12.2 Å². The predicted octanol–water partition coefficient (Wildman–Crippen LogP) is 3.79. The standard InChI is InChI=1S/C26H26FN7O6/c1-3-38-26(36)40-12-11-39-20-14-18(37-2)13-19(21(20)27)22(32-17-7-5-16(15-28)6-8-17)23(29)33-25(35)34-24-30-9-4-10-31-24/h4-10,13-14,22,32H,3,11-12H2,1-2H3,(H3,29,30,31,33,34,35). The maximum absolute atomic E-state index is 15.8. The van der Waals surface area contributed by atoms with Gasteiger partial charge in [-0.2, -0.15) is 10.3 Å². The Labute approximate surface area is 228 Å². The number of nitriles is 1. The van der Waals surface area contributed by atoms with E-state index in [4.69, 9.17) is 25.2 Å². The molecule has 0 saturated heterocycles. The summed E-state index contributed by atoms with van der Waals surface area (Å²) >= 11 is 0. The van der Waals surface area contributed by atoms with Crippen LogP contribution in [0.25, 0.3) is 0 Å². The van der Waals surface area contributed by atoms with E-state index in [0.29, 0.717) is 11.3 Å². The molecule has 1 aromatic heterocycles. The van der Waals surface area contributed by atoms with E-state index in [1.165, 1.54) is 31.6 Å². The van der Waals surface area contributed by atoms with Gasteiger partial charge in [-0.15, -0.1) is 0 Å². The normalized spacial score (nSPS) is 11.5. The Morgan fingerprint density at radius 1 is 1.15 bits per heavy atom. The maximum atomic E-state index is 15.8. The average molecular weight is 552 g/mol. The fourth-order valence-corrected chi connectivity index (χ4v) is 3.25. The second kappa shape index (κ2) is 14.5. The summed E-state index contributed by atoms with van der Waals surface area (Å²) in [6.07, 6.45) is 1.97. The second-order valence-corrected chi connectivity index (χ2v) is 7.71. The highest BCUT2D eigenvalue weighted by Crippen LogP contribution is 2.33. The lowest BCUT2D eigenvalue weighted by molar-refractivity contribution is 0.0491. The number of carbonyl (C=O) groups is 2. The molecule has 40 heavy (non-hydrogen) atoms. The van der Waals surface area contributed by atoms with Crippen LogP contribution in [0.2, 0.25) is 0 Å². The number of hydrogen-bond donors (Lipinski definition) is 3. The van der Waals surface area contributed by atoms with E-state index in [2.05, 4.69) is 30.3 Å². The lowest BCUT2D eigenvalue weighted by atomic mass is 10.0. The minimum atomic E-state index is -1.20. The monoisotopic (exact) mass is 551 g/mol. The number of nitrogens with one attached hydrogen (secondary N) is 2. The summed E-state index contributed by atoms with van der Waals surface area (Å²) in [6.45, 7) is 1.37. The number of methoxy groups -OCH3 is 1. The fourth-order valence-electron chi connectivity index (χ4n) is 3.25. The van der Waals surface area contributed by atoms with Gasteiger partial charge < -0.3 is 30.0 Å². The summed E-state index contributed by atoms with van der Waals surface area (Å²) in [5.41, 5.74) is 6.99. The van der Waals surface area contributed by atoms with Crippen molar-refractivity contribution in [1.29, 1.82) is 5.26 Å². The van der Waals surface area contributed by atoms with Crippen LogP contribution in [0, 0.1) is 17.1 Å². The van der Waals surface area contributed by atoms with Gasteiger partial charge in [0, 0.05) is 29.7 Å². The predicted molar refractivity (Wildman–Crippen MR) is 142 cm³/mol. The number of aromatic nitrogens is 2. The number of halogens is 1. The maximum Gasteiger partial charge on any atom is 0.508 e. The molecule has 208 valence electrons. The van der Waals surface area contributed by atoms with Crippen molar-refractivity contribution in [3.8, 4) is 17.6 Å². The van der Waals surface area contributed by atoms with E-state index in [0.717, 1.165) is 0 Å². The molecule has 0 aliphatic rings. The first-order chi connectivity index (χ1) is 19.3. The van der Waals surface area contributed by atoms with E-state index >= 15 is 4.39 Å². The van der Waals surface area contributed by atoms with Crippen molar-refractivity contribution >= 4 is 29.7 Å². The highest BCUT2D eigenvalue weighted by atomic mass is 19.1. The molecule has 0 saturated carbocycles. The van der Waals surface area contributed by atoms with Crippen molar-refractivity contribution < 1.29 is 32.9 Å². The molecule has 1 unspecified atom stereocenters. The fraction of sp³-hybridized carbons (Fsp3) is 0.231. The molecule has 3 aromatic rings. The molecule has 3 rings (SSSR count).